The zero-order valence-electron chi connectivity index (χ0n) is 6.80. The van der Waals surface area contributed by atoms with Crippen LogP contribution in [0.25, 0.3) is 0 Å². The Morgan fingerprint density at radius 3 is 1.40 bits per heavy atom. The summed E-state index contributed by atoms with van der Waals surface area (Å²) in [6.07, 6.45) is 3.82. The van der Waals surface area contributed by atoms with Gasteiger partial charge in [0.2, 0.25) is 5.25 Å². The Labute approximate surface area is 64.3 Å². The summed E-state index contributed by atoms with van der Waals surface area (Å²) in [5.74, 6) is -0.0262. The molecule has 0 aromatic rings. The van der Waals surface area contributed by atoms with Crippen molar-refractivity contribution in [1.29, 1.82) is 0 Å². The first-order valence-corrected chi connectivity index (χ1v) is 5.14. The largest absolute Gasteiger partial charge is 0.294 e. The number of rotatable bonds is 3. The summed E-state index contributed by atoms with van der Waals surface area (Å²) in [6, 6.07) is 0. The van der Waals surface area contributed by atoms with Crippen molar-refractivity contribution >= 4 is 22.5 Å². The van der Waals surface area contributed by atoms with Crippen molar-refractivity contribution in [3.05, 3.63) is 0 Å². The Hall–Kier alpha value is -0.310. The summed E-state index contributed by atoms with van der Waals surface area (Å²) < 4.78 is 0. The Morgan fingerprint density at radius 1 is 1.10 bits per heavy atom. The molecule has 0 aromatic carbocycles. The van der Waals surface area contributed by atoms with Crippen molar-refractivity contribution in [2.24, 2.45) is 0 Å². The fourth-order valence-electron chi connectivity index (χ4n) is 0.950. The number of carbonyl (C=O) groups is 2. The maximum Gasteiger partial charge on any atom is 0.232 e. The van der Waals surface area contributed by atoms with Crippen LogP contribution >= 0.6 is 0 Å². The van der Waals surface area contributed by atoms with Crippen LogP contribution in [0.5, 0.6) is 0 Å². The van der Waals surface area contributed by atoms with E-state index in [4.69, 9.17) is 0 Å². The Balaban J connectivity index is 4.27. The molecule has 0 atom stereocenters. The molecule has 3 heteroatoms. The third-order valence-electron chi connectivity index (χ3n) is 1.21. The van der Waals surface area contributed by atoms with E-state index in [1.165, 1.54) is 13.8 Å². The molecule has 58 valence electrons. The fourth-order valence-corrected chi connectivity index (χ4v) is 2.28. The first-order valence-electron chi connectivity index (χ1n) is 3.04. The van der Waals surface area contributed by atoms with Gasteiger partial charge in [0.15, 0.2) is 11.6 Å². The number of ketones is 2. The van der Waals surface area contributed by atoms with E-state index in [2.05, 4.69) is 0 Å². The average molecular weight is 161 g/mol. The van der Waals surface area contributed by atoms with Crippen LogP contribution in [0.2, 0.25) is 0 Å². The number of hydrogen-bond acceptors (Lipinski definition) is 2. The molecule has 0 spiro atoms. The van der Waals surface area contributed by atoms with Crippen LogP contribution in [-0.2, 0) is 20.5 Å². The maximum atomic E-state index is 10.8. The fraction of sp³-hybridized carbons (Fsp3) is 0.714. The molecule has 10 heavy (non-hydrogen) atoms. The van der Waals surface area contributed by atoms with E-state index in [1.807, 2.05) is 12.5 Å². The SMILES string of the molecule is CC(=O)C(C(C)=O)[S+](C)C. The van der Waals surface area contributed by atoms with Gasteiger partial charge in [-0.05, 0) is 10.9 Å². The van der Waals surface area contributed by atoms with Gasteiger partial charge in [0, 0.05) is 13.8 Å². The van der Waals surface area contributed by atoms with Gasteiger partial charge >= 0.3 is 0 Å². The van der Waals surface area contributed by atoms with Crippen LogP contribution in [0.15, 0.2) is 0 Å². The van der Waals surface area contributed by atoms with Crippen LogP contribution in [-0.4, -0.2) is 29.3 Å². The third kappa shape index (κ3) is 2.52. The molecule has 0 aliphatic heterocycles. The van der Waals surface area contributed by atoms with Gasteiger partial charge in [-0.1, -0.05) is 0 Å². The summed E-state index contributed by atoms with van der Waals surface area (Å²) in [5, 5.41) is -0.361. The molecule has 0 aliphatic rings. The molecule has 0 aromatic heterocycles. The molecule has 0 saturated carbocycles. The minimum absolute atomic E-state index is 0.0131. The summed E-state index contributed by atoms with van der Waals surface area (Å²) >= 11 is 0. The predicted octanol–water partition coefficient (Wildman–Crippen LogP) is 0.411. The van der Waals surface area contributed by atoms with E-state index >= 15 is 0 Å². The van der Waals surface area contributed by atoms with E-state index in [-0.39, 0.29) is 27.7 Å². The first kappa shape index (κ1) is 9.69. The van der Waals surface area contributed by atoms with Gasteiger partial charge in [-0.15, -0.1) is 0 Å². The van der Waals surface area contributed by atoms with E-state index in [0.29, 0.717) is 0 Å². The standard InChI is InChI=1S/C7H13O2S/c1-5(8)7(6(2)9)10(3)4/h7H,1-4H3/q+1. The van der Waals surface area contributed by atoms with Crippen molar-refractivity contribution in [3.63, 3.8) is 0 Å². The van der Waals surface area contributed by atoms with Crippen LogP contribution in [0.3, 0.4) is 0 Å². The van der Waals surface area contributed by atoms with E-state index in [0.717, 1.165) is 0 Å². The monoisotopic (exact) mass is 161 g/mol. The van der Waals surface area contributed by atoms with Gasteiger partial charge in [0.05, 0.1) is 12.5 Å². The second kappa shape index (κ2) is 3.76. The van der Waals surface area contributed by atoms with Crippen molar-refractivity contribution in [1.82, 2.24) is 0 Å². The average Bonchev–Trinajstić information content (AvgIpc) is 1.59. The molecular weight excluding hydrogens is 148 g/mol. The van der Waals surface area contributed by atoms with Gasteiger partial charge in [-0.3, -0.25) is 9.59 Å². The molecule has 0 aliphatic carbocycles. The molecule has 0 bridgehead atoms. The van der Waals surface area contributed by atoms with Crippen molar-refractivity contribution in [3.8, 4) is 0 Å². The topological polar surface area (TPSA) is 34.1 Å². The van der Waals surface area contributed by atoms with Crippen LogP contribution in [0.4, 0.5) is 0 Å². The van der Waals surface area contributed by atoms with Gasteiger partial charge in [0.1, 0.15) is 0 Å². The van der Waals surface area contributed by atoms with Gasteiger partial charge in [0.25, 0.3) is 0 Å². The predicted molar refractivity (Wildman–Crippen MR) is 44.4 cm³/mol. The molecule has 0 rings (SSSR count). The van der Waals surface area contributed by atoms with E-state index < -0.39 is 0 Å². The molecular formula is C7H13O2S+. The lowest BCUT2D eigenvalue weighted by molar-refractivity contribution is -0.123. The highest BCUT2D eigenvalue weighted by Crippen LogP contribution is 2.02. The van der Waals surface area contributed by atoms with E-state index in [9.17, 15) is 9.59 Å². The highest BCUT2D eigenvalue weighted by Gasteiger charge is 2.30. The molecule has 0 N–H and O–H groups in total. The summed E-state index contributed by atoms with van der Waals surface area (Å²) in [5.41, 5.74) is 0. The van der Waals surface area contributed by atoms with E-state index in [1.54, 1.807) is 0 Å². The highest BCUT2D eigenvalue weighted by atomic mass is 32.2. The normalized spacial score (nSPS) is 10.6. The first-order chi connectivity index (χ1) is 4.46. The minimum atomic E-state index is -0.361. The lowest BCUT2D eigenvalue weighted by atomic mass is 10.2. The number of carbonyl (C=O) groups excluding carboxylic acids is 2. The quantitative estimate of drug-likeness (QED) is 0.444. The zero-order chi connectivity index (χ0) is 8.31. The summed E-state index contributed by atoms with van der Waals surface area (Å²) in [4.78, 5) is 21.6. The van der Waals surface area contributed by atoms with Crippen LogP contribution in [0.1, 0.15) is 13.8 Å². The van der Waals surface area contributed by atoms with Crippen molar-refractivity contribution in [2.75, 3.05) is 12.5 Å². The Bertz CT molecular complexity index is 138. The Kier molecular flexibility index (Phi) is 3.64. The lowest BCUT2D eigenvalue weighted by Crippen LogP contribution is -2.33. The smallest absolute Gasteiger partial charge is 0.232 e. The molecule has 0 fully saturated rings. The summed E-state index contributed by atoms with van der Waals surface area (Å²) in [6.45, 7) is 2.94. The second-order valence-corrected chi connectivity index (χ2v) is 4.71. The second-order valence-electron chi connectivity index (χ2n) is 2.48. The lowest BCUT2D eigenvalue weighted by Gasteiger charge is -2.04. The summed E-state index contributed by atoms with van der Waals surface area (Å²) in [7, 11) is -0.113. The van der Waals surface area contributed by atoms with Gasteiger partial charge < -0.3 is 0 Å². The zero-order valence-corrected chi connectivity index (χ0v) is 7.62. The number of Topliss-reactive ketones (excluding diaryl/α,β-unsaturated/α-hetero) is 2. The minimum Gasteiger partial charge on any atom is -0.294 e. The third-order valence-corrected chi connectivity index (χ3v) is 2.82. The molecule has 0 radical (unpaired) electrons. The maximum absolute atomic E-state index is 10.8. The van der Waals surface area contributed by atoms with Crippen molar-refractivity contribution in [2.45, 2.75) is 19.1 Å². The van der Waals surface area contributed by atoms with Gasteiger partial charge in [-0.2, -0.15) is 0 Å². The Morgan fingerprint density at radius 2 is 1.40 bits per heavy atom. The molecule has 0 saturated heterocycles. The molecule has 0 unspecified atom stereocenters. The van der Waals surface area contributed by atoms with Gasteiger partial charge in [-0.25, -0.2) is 0 Å². The molecule has 0 heterocycles. The molecule has 0 amide bonds. The number of hydrogen-bond donors (Lipinski definition) is 0. The molecule has 2 nitrogen and oxygen atoms in total. The van der Waals surface area contributed by atoms with Crippen LogP contribution in [0, 0.1) is 0 Å². The van der Waals surface area contributed by atoms with Crippen molar-refractivity contribution < 1.29 is 9.59 Å². The highest BCUT2D eigenvalue weighted by molar-refractivity contribution is 7.97. The van der Waals surface area contributed by atoms with Crippen LogP contribution < -0.4 is 0 Å².